The van der Waals surface area contributed by atoms with Crippen molar-refractivity contribution in [1.82, 2.24) is 4.57 Å². The highest BCUT2D eigenvalue weighted by Crippen LogP contribution is 2.46. The van der Waals surface area contributed by atoms with E-state index >= 15 is 0 Å². The summed E-state index contributed by atoms with van der Waals surface area (Å²) in [4.78, 5) is 2.45. The van der Waals surface area contributed by atoms with Crippen molar-refractivity contribution in [3.63, 3.8) is 0 Å². The van der Waals surface area contributed by atoms with Crippen LogP contribution in [0.15, 0.2) is 115 Å². The number of para-hydroxylation sites is 3. The normalized spacial score (nSPS) is 15.0. The van der Waals surface area contributed by atoms with Gasteiger partial charge >= 0.3 is 0 Å². The second-order valence-electron chi connectivity index (χ2n) is 12.7. The quantitative estimate of drug-likeness (QED) is 0.205. The Morgan fingerprint density at radius 1 is 0.523 bits per heavy atom. The van der Waals surface area contributed by atoms with Crippen LogP contribution in [0.2, 0.25) is 0 Å². The Morgan fingerprint density at radius 3 is 1.89 bits per heavy atom. The van der Waals surface area contributed by atoms with Crippen LogP contribution >= 0.6 is 0 Å². The second kappa shape index (κ2) is 8.24. The van der Waals surface area contributed by atoms with E-state index in [1.165, 1.54) is 90.4 Å². The van der Waals surface area contributed by atoms with Gasteiger partial charge in [-0.3, -0.25) is 0 Å². The molecule has 4 aliphatic rings. The lowest BCUT2D eigenvalue weighted by Crippen LogP contribution is -2.59. The molecule has 3 heterocycles. The molecule has 0 N–H and O–H groups in total. The summed E-state index contributed by atoms with van der Waals surface area (Å²) < 4.78 is 9.48. The molecule has 0 radical (unpaired) electrons. The fraction of sp³-hybridized carbons (Fsp3) is 0.100. The van der Waals surface area contributed by atoms with E-state index in [0.29, 0.717) is 0 Å². The lowest BCUT2D eigenvalue weighted by molar-refractivity contribution is 0.487. The molecule has 11 rings (SSSR count). The number of nitrogens with zero attached hydrogens (tertiary/aromatic N) is 2. The molecule has 0 amide bonds. The Labute approximate surface area is 256 Å². The third-order valence-electron chi connectivity index (χ3n) is 10.6. The van der Waals surface area contributed by atoms with Gasteiger partial charge in [0.2, 0.25) is 0 Å². The Balaban J connectivity index is 1.28. The Kier molecular flexibility index (Phi) is 4.36. The van der Waals surface area contributed by atoms with Crippen molar-refractivity contribution < 1.29 is 4.74 Å². The highest BCUT2D eigenvalue weighted by atomic mass is 16.5. The van der Waals surface area contributed by atoms with E-state index in [4.69, 9.17) is 4.74 Å². The fourth-order valence-corrected chi connectivity index (χ4v) is 8.48. The molecule has 7 aromatic rings. The van der Waals surface area contributed by atoms with Crippen molar-refractivity contribution in [2.45, 2.75) is 25.7 Å². The number of fused-ring (bicyclic) bond motifs is 11. The van der Waals surface area contributed by atoms with E-state index in [1.54, 1.807) is 0 Å². The SMILES string of the molecule is c1ccc(N2c3ccccc3B3c4ccccc4Oc4cc(-n5c6c7c(ccc6c6ccc8c(c65)CC8)CC7)cc2c43)cc1. The molecular formula is C40H27BN2O. The molecule has 44 heavy (non-hydrogen) atoms. The third-order valence-corrected chi connectivity index (χ3v) is 10.6. The summed E-state index contributed by atoms with van der Waals surface area (Å²) in [6, 6.07) is 42.6. The number of ether oxygens (including phenoxy) is 1. The van der Waals surface area contributed by atoms with Gasteiger partial charge in [0, 0.05) is 33.9 Å². The van der Waals surface area contributed by atoms with Gasteiger partial charge in [-0.15, -0.1) is 0 Å². The molecule has 0 saturated heterocycles. The molecule has 6 aromatic carbocycles. The van der Waals surface area contributed by atoms with Crippen molar-refractivity contribution >= 4 is 62.0 Å². The summed E-state index contributed by atoms with van der Waals surface area (Å²) in [7, 11) is 0. The topological polar surface area (TPSA) is 17.4 Å². The van der Waals surface area contributed by atoms with Gasteiger partial charge in [0.15, 0.2) is 0 Å². The molecule has 0 unspecified atom stereocenters. The van der Waals surface area contributed by atoms with Crippen LogP contribution in [0.3, 0.4) is 0 Å². The van der Waals surface area contributed by atoms with E-state index in [9.17, 15) is 0 Å². The molecule has 206 valence electrons. The first-order valence-electron chi connectivity index (χ1n) is 15.8. The van der Waals surface area contributed by atoms with Gasteiger partial charge in [-0.05, 0) is 94.7 Å². The number of anilines is 3. The van der Waals surface area contributed by atoms with Crippen LogP contribution < -0.4 is 26.0 Å². The molecule has 0 spiro atoms. The van der Waals surface area contributed by atoms with Crippen LogP contribution in [-0.2, 0) is 25.7 Å². The molecule has 0 atom stereocenters. The van der Waals surface area contributed by atoms with Crippen LogP contribution in [-0.4, -0.2) is 11.3 Å². The maximum atomic E-state index is 6.88. The highest BCUT2D eigenvalue weighted by molar-refractivity contribution is 6.99. The monoisotopic (exact) mass is 562 g/mol. The van der Waals surface area contributed by atoms with Gasteiger partial charge in [-0.25, -0.2) is 0 Å². The third kappa shape index (κ3) is 2.84. The molecule has 0 bridgehead atoms. The average molecular weight is 562 g/mol. The van der Waals surface area contributed by atoms with E-state index in [1.807, 2.05) is 0 Å². The Hall–Kier alpha value is -5.22. The molecule has 0 saturated carbocycles. The smallest absolute Gasteiger partial charge is 0.256 e. The van der Waals surface area contributed by atoms with Gasteiger partial charge < -0.3 is 14.2 Å². The van der Waals surface area contributed by atoms with Gasteiger partial charge in [0.25, 0.3) is 6.71 Å². The number of hydrogen-bond acceptors (Lipinski definition) is 2. The van der Waals surface area contributed by atoms with Crippen LogP contribution in [0.4, 0.5) is 17.1 Å². The maximum absolute atomic E-state index is 6.88. The average Bonchev–Trinajstić information content (AvgIpc) is 3.33. The number of rotatable bonds is 2. The minimum absolute atomic E-state index is 0.107. The number of hydrogen-bond donors (Lipinski definition) is 0. The number of benzene rings is 6. The van der Waals surface area contributed by atoms with E-state index < -0.39 is 0 Å². The summed E-state index contributed by atoms with van der Waals surface area (Å²) in [5.41, 5.74) is 17.3. The first-order chi connectivity index (χ1) is 21.8. The van der Waals surface area contributed by atoms with E-state index in [-0.39, 0.29) is 6.71 Å². The summed E-state index contributed by atoms with van der Waals surface area (Å²) in [6.07, 6.45) is 4.61. The molecule has 1 aromatic heterocycles. The van der Waals surface area contributed by atoms with Crippen LogP contribution in [0, 0.1) is 0 Å². The van der Waals surface area contributed by atoms with Crippen molar-refractivity contribution in [2.24, 2.45) is 0 Å². The van der Waals surface area contributed by atoms with Gasteiger partial charge in [0.1, 0.15) is 11.5 Å². The van der Waals surface area contributed by atoms with Gasteiger partial charge in [-0.2, -0.15) is 0 Å². The summed E-state index contributed by atoms with van der Waals surface area (Å²) >= 11 is 0. The lowest BCUT2D eigenvalue weighted by atomic mass is 9.34. The summed E-state index contributed by atoms with van der Waals surface area (Å²) in [6.45, 7) is 0.107. The maximum Gasteiger partial charge on any atom is 0.256 e. The predicted molar refractivity (Wildman–Crippen MR) is 181 cm³/mol. The van der Waals surface area contributed by atoms with Gasteiger partial charge in [0.05, 0.1) is 16.7 Å². The van der Waals surface area contributed by atoms with Gasteiger partial charge in [-0.1, -0.05) is 78.9 Å². The molecule has 2 aliphatic carbocycles. The van der Waals surface area contributed by atoms with E-state index in [0.717, 1.165) is 30.0 Å². The highest BCUT2D eigenvalue weighted by Gasteiger charge is 2.42. The number of aryl methyl sites for hydroxylation is 4. The fourth-order valence-electron chi connectivity index (χ4n) is 8.48. The largest absolute Gasteiger partial charge is 0.458 e. The van der Waals surface area contributed by atoms with Crippen molar-refractivity contribution in [3.8, 4) is 17.2 Å². The van der Waals surface area contributed by atoms with E-state index in [2.05, 4.69) is 125 Å². The Morgan fingerprint density at radius 2 is 1.18 bits per heavy atom. The zero-order valence-corrected chi connectivity index (χ0v) is 24.2. The molecular weight excluding hydrogens is 535 g/mol. The summed E-state index contributed by atoms with van der Waals surface area (Å²) in [5.74, 6) is 1.91. The summed E-state index contributed by atoms with van der Waals surface area (Å²) in [5, 5.41) is 2.74. The molecule has 3 nitrogen and oxygen atoms in total. The number of aromatic nitrogens is 1. The molecule has 2 aliphatic heterocycles. The zero-order chi connectivity index (χ0) is 28.5. The predicted octanol–water partition coefficient (Wildman–Crippen LogP) is 7.39. The van der Waals surface area contributed by atoms with Crippen molar-refractivity contribution in [2.75, 3.05) is 4.90 Å². The Bertz CT molecular complexity index is 2320. The zero-order valence-electron chi connectivity index (χ0n) is 24.2. The standard InChI is InChI=1S/C40H27BN2O/c1-2-8-26(9-3-1)42-34-12-6-4-10-32(34)41-33-11-5-7-13-36(33)44-37-23-27(22-35(42)38(37)41)43-39-28-18-14-24(28)16-20-30(39)31-21-17-25-15-19-29(25)40(31)43/h1-13,16-17,20-23H,14-15,18-19H2. The minimum atomic E-state index is 0.107. The van der Waals surface area contributed by atoms with Crippen molar-refractivity contribution in [1.29, 1.82) is 0 Å². The van der Waals surface area contributed by atoms with Crippen molar-refractivity contribution in [3.05, 3.63) is 138 Å². The first kappa shape index (κ1) is 23.3. The molecule has 0 fully saturated rings. The van der Waals surface area contributed by atoms with Crippen LogP contribution in [0.5, 0.6) is 11.5 Å². The second-order valence-corrected chi connectivity index (χ2v) is 12.7. The van der Waals surface area contributed by atoms with Crippen LogP contribution in [0.1, 0.15) is 22.3 Å². The lowest BCUT2D eigenvalue weighted by Gasteiger charge is -2.40. The minimum Gasteiger partial charge on any atom is -0.458 e. The van der Waals surface area contributed by atoms with Crippen LogP contribution in [0.25, 0.3) is 27.5 Å². The first-order valence-corrected chi connectivity index (χ1v) is 15.8. The molecule has 4 heteroatoms.